The zero-order valence-corrected chi connectivity index (χ0v) is 18.3. The fourth-order valence-corrected chi connectivity index (χ4v) is 4.48. The molecule has 1 aliphatic carbocycles. The monoisotopic (exact) mass is 439 g/mol. The quantitative estimate of drug-likeness (QED) is 0.488. The van der Waals surface area contributed by atoms with Gasteiger partial charge in [-0.05, 0) is 62.1 Å². The molecule has 2 aromatic heterocycles. The van der Waals surface area contributed by atoms with Crippen molar-refractivity contribution >= 4 is 16.6 Å². The van der Waals surface area contributed by atoms with E-state index in [2.05, 4.69) is 40.1 Å². The minimum atomic E-state index is -1.14. The van der Waals surface area contributed by atoms with Crippen LogP contribution in [0.2, 0.25) is 0 Å². The van der Waals surface area contributed by atoms with Crippen LogP contribution in [0.1, 0.15) is 48.4 Å². The van der Waals surface area contributed by atoms with Gasteiger partial charge in [0.05, 0.1) is 34.7 Å². The van der Waals surface area contributed by atoms with Gasteiger partial charge in [0.25, 0.3) is 0 Å². The molecule has 32 heavy (non-hydrogen) atoms. The molecule has 8 heteroatoms. The molecule has 2 heterocycles. The van der Waals surface area contributed by atoms with Crippen LogP contribution < -0.4 is 10.6 Å². The van der Waals surface area contributed by atoms with E-state index in [0.29, 0.717) is 22.5 Å². The van der Waals surface area contributed by atoms with E-state index in [1.807, 2.05) is 6.92 Å². The third-order valence-electron chi connectivity index (χ3n) is 6.33. The number of anilines is 1. The van der Waals surface area contributed by atoms with Crippen LogP contribution in [0.4, 0.5) is 14.5 Å². The lowest BCUT2D eigenvalue weighted by Crippen LogP contribution is -2.45. The number of hydrazine groups is 1. The summed E-state index contributed by atoms with van der Waals surface area (Å²) < 4.78 is 27.8. The first-order chi connectivity index (χ1) is 15.5. The van der Waals surface area contributed by atoms with Crippen molar-refractivity contribution in [1.82, 2.24) is 15.0 Å². The number of nitriles is 1. The zero-order chi connectivity index (χ0) is 22.8. The number of nitrogens with one attached hydrogen (secondary N) is 1. The minimum absolute atomic E-state index is 0.245. The molecule has 0 atom stereocenters. The van der Waals surface area contributed by atoms with E-state index in [0.717, 1.165) is 47.8 Å². The molecule has 0 bridgehead atoms. The van der Waals surface area contributed by atoms with Crippen molar-refractivity contribution in [2.75, 3.05) is 18.5 Å². The summed E-state index contributed by atoms with van der Waals surface area (Å²) in [5.41, 5.74) is 7.91. The summed E-state index contributed by atoms with van der Waals surface area (Å²) in [5, 5.41) is 21.7. The maximum absolute atomic E-state index is 12.8. The molecule has 4 rings (SSSR count). The van der Waals surface area contributed by atoms with Gasteiger partial charge in [-0.1, -0.05) is 12.8 Å². The Kier molecular flexibility index (Phi) is 6.40. The van der Waals surface area contributed by atoms with Crippen molar-refractivity contribution in [3.05, 3.63) is 47.2 Å². The molecule has 1 saturated carbocycles. The van der Waals surface area contributed by atoms with Gasteiger partial charge in [0.1, 0.15) is 25.1 Å². The highest BCUT2D eigenvalue weighted by atomic mass is 19.1. The van der Waals surface area contributed by atoms with Crippen molar-refractivity contribution < 1.29 is 14.0 Å². The second kappa shape index (κ2) is 9.23. The first-order valence-corrected chi connectivity index (χ1v) is 10.9. The fraction of sp³-hybridized carbons (Fsp3) is 0.417. The van der Waals surface area contributed by atoms with Crippen LogP contribution >= 0.6 is 0 Å². The SMILES string of the molecule is Cc1cc2c(C#N)c(-c3ccc(N(O)NC(CF)CF)cn3)n(C3CCCC3)c2cc1C. The van der Waals surface area contributed by atoms with Crippen molar-refractivity contribution in [3.8, 4) is 17.5 Å². The van der Waals surface area contributed by atoms with Gasteiger partial charge in [0, 0.05) is 11.4 Å². The molecule has 3 aromatic rings. The summed E-state index contributed by atoms with van der Waals surface area (Å²) in [6.45, 7) is 2.21. The Labute approximate surface area is 186 Å². The molecule has 6 nitrogen and oxygen atoms in total. The number of benzene rings is 1. The van der Waals surface area contributed by atoms with Gasteiger partial charge in [-0.25, -0.2) is 14.2 Å². The topological polar surface area (TPSA) is 77.1 Å². The van der Waals surface area contributed by atoms with Crippen molar-refractivity contribution in [1.29, 1.82) is 5.26 Å². The minimum Gasteiger partial charge on any atom is -0.335 e. The Bertz CT molecular complexity index is 1140. The maximum Gasteiger partial charge on any atom is 0.109 e. The number of hydrogen-bond donors (Lipinski definition) is 2. The summed E-state index contributed by atoms with van der Waals surface area (Å²) in [6, 6.07) is 9.10. The number of pyridine rings is 1. The highest BCUT2D eigenvalue weighted by Crippen LogP contribution is 2.41. The first kappa shape index (κ1) is 22.2. The molecule has 0 amide bonds. The molecule has 0 aliphatic heterocycles. The van der Waals surface area contributed by atoms with Gasteiger partial charge in [-0.2, -0.15) is 10.4 Å². The summed E-state index contributed by atoms with van der Waals surface area (Å²) >= 11 is 0. The maximum atomic E-state index is 12.8. The Morgan fingerprint density at radius 3 is 2.50 bits per heavy atom. The second-order valence-electron chi connectivity index (χ2n) is 8.45. The van der Waals surface area contributed by atoms with E-state index in [4.69, 9.17) is 0 Å². The zero-order valence-electron chi connectivity index (χ0n) is 18.3. The van der Waals surface area contributed by atoms with Crippen LogP contribution in [-0.2, 0) is 0 Å². The standard InChI is InChI=1S/C24H27F2N5O/c1-15-9-20-21(13-27)24(30(18-5-3-4-6-18)23(20)10-16(15)2)22-8-7-19(14-28-22)31(32)29-17(11-25)12-26/h7-10,14,17-18,29,32H,3-6,11-12H2,1-2H3. The summed E-state index contributed by atoms with van der Waals surface area (Å²) in [5.74, 6) is 0. The largest absolute Gasteiger partial charge is 0.335 e. The molecule has 1 aliphatic rings. The van der Waals surface area contributed by atoms with Gasteiger partial charge in [-0.3, -0.25) is 10.2 Å². The fourth-order valence-electron chi connectivity index (χ4n) is 4.48. The summed E-state index contributed by atoms with van der Waals surface area (Å²) in [6.07, 6.45) is 5.82. The molecule has 1 fully saturated rings. The van der Waals surface area contributed by atoms with Crippen LogP contribution in [0.25, 0.3) is 22.3 Å². The lowest BCUT2D eigenvalue weighted by Gasteiger charge is -2.22. The molecule has 0 unspecified atom stereocenters. The number of alkyl halides is 2. The average Bonchev–Trinajstić information content (AvgIpc) is 3.43. The predicted molar refractivity (Wildman–Crippen MR) is 120 cm³/mol. The van der Waals surface area contributed by atoms with Crippen LogP contribution in [0.3, 0.4) is 0 Å². The van der Waals surface area contributed by atoms with E-state index in [9.17, 15) is 19.2 Å². The number of halogens is 2. The summed E-state index contributed by atoms with van der Waals surface area (Å²) in [4.78, 5) is 4.51. The van der Waals surface area contributed by atoms with Crippen LogP contribution in [0.15, 0.2) is 30.5 Å². The number of aryl methyl sites for hydroxylation is 2. The summed E-state index contributed by atoms with van der Waals surface area (Å²) in [7, 11) is 0. The average molecular weight is 440 g/mol. The van der Waals surface area contributed by atoms with Gasteiger partial charge in [-0.15, -0.1) is 0 Å². The molecule has 168 valence electrons. The van der Waals surface area contributed by atoms with Gasteiger partial charge in [0.2, 0.25) is 0 Å². The number of rotatable bonds is 7. The van der Waals surface area contributed by atoms with Gasteiger partial charge < -0.3 is 4.57 Å². The van der Waals surface area contributed by atoms with E-state index in [1.54, 1.807) is 12.1 Å². The molecular weight excluding hydrogens is 412 g/mol. The van der Waals surface area contributed by atoms with Crippen LogP contribution in [0.5, 0.6) is 0 Å². The highest BCUT2D eigenvalue weighted by molar-refractivity contribution is 5.95. The predicted octanol–water partition coefficient (Wildman–Crippen LogP) is 5.31. The van der Waals surface area contributed by atoms with E-state index >= 15 is 0 Å². The highest BCUT2D eigenvalue weighted by Gasteiger charge is 2.27. The number of aromatic nitrogens is 2. The molecule has 2 N–H and O–H groups in total. The van der Waals surface area contributed by atoms with Crippen molar-refractivity contribution in [2.45, 2.75) is 51.6 Å². The van der Waals surface area contributed by atoms with Crippen LogP contribution in [-0.4, -0.2) is 34.1 Å². The molecular formula is C24H27F2N5O. The number of fused-ring (bicyclic) bond motifs is 1. The van der Waals surface area contributed by atoms with Crippen molar-refractivity contribution in [3.63, 3.8) is 0 Å². The first-order valence-electron chi connectivity index (χ1n) is 10.9. The molecule has 0 saturated heterocycles. The third-order valence-corrected chi connectivity index (χ3v) is 6.33. The molecule has 0 spiro atoms. The van der Waals surface area contributed by atoms with E-state index in [-0.39, 0.29) is 5.69 Å². The lowest BCUT2D eigenvalue weighted by molar-refractivity contribution is 0.169. The number of hydrogen-bond acceptors (Lipinski definition) is 5. The smallest absolute Gasteiger partial charge is 0.109 e. The second-order valence-corrected chi connectivity index (χ2v) is 8.45. The van der Waals surface area contributed by atoms with E-state index < -0.39 is 19.4 Å². The van der Waals surface area contributed by atoms with E-state index in [1.165, 1.54) is 11.8 Å². The Morgan fingerprint density at radius 2 is 1.91 bits per heavy atom. The van der Waals surface area contributed by atoms with Gasteiger partial charge >= 0.3 is 0 Å². The molecule has 0 radical (unpaired) electrons. The Balaban J connectivity index is 1.81. The third kappa shape index (κ3) is 3.94. The number of nitrogens with zero attached hydrogens (tertiary/aromatic N) is 4. The van der Waals surface area contributed by atoms with Gasteiger partial charge in [0.15, 0.2) is 0 Å². The van der Waals surface area contributed by atoms with Crippen molar-refractivity contribution in [2.24, 2.45) is 0 Å². The normalized spacial score (nSPS) is 14.4. The van der Waals surface area contributed by atoms with Crippen LogP contribution in [0, 0.1) is 25.2 Å². The Morgan fingerprint density at radius 1 is 1.22 bits per heavy atom. The Hall–Kier alpha value is -3.02. The molecule has 1 aromatic carbocycles. The lowest BCUT2D eigenvalue weighted by atomic mass is 10.0.